The predicted octanol–water partition coefficient (Wildman–Crippen LogP) is 4.37. The first kappa shape index (κ1) is 15.0. The highest BCUT2D eigenvalue weighted by Crippen LogP contribution is 2.26. The van der Waals surface area contributed by atoms with Crippen LogP contribution >= 0.6 is 23.2 Å². The Morgan fingerprint density at radius 1 is 1.25 bits per heavy atom. The van der Waals surface area contributed by atoms with E-state index in [1.807, 2.05) is 32.0 Å². The van der Waals surface area contributed by atoms with Crippen molar-refractivity contribution >= 4 is 34.7 Å². The molecule has 0 aliphatic rings. The number of ether oxygens (including phenoxy) is 1. The molecule has 1 heterocycles. The van der Waals surface area contributed by atoms with Gasteiger partial charge in [-0.15, -0.1) is 0 Å². The summed E-state index contributed by atoms with van der Waals surface area (Å²) < 4.78 is 5.29. The summed E-state index contributed by atoms with van der Waals surface area (Å²) in [6.07, 6.45) is 0. The van der Waals surface area contributed by atoms with Crippen LogP contribution in [-0.4, -0.2) is 16.6 Å². The lowest BCUT2D eigenvalue weighted by molar-refractivity contribution is 0.128. The maximum absolute atomic E-state index is 6.09. The van der Waals surface area contributed by atoms with Crippen LogP contribution in [0.3, 0.4) is 0 Å². The van der Waals surface area contributed by atoms with Crippen molar-refractivity contribution in [1.82, 2.24) is 9.97 Å². The maximum Gasteiger partial charge on any atom is 0.158 e. The molecule has 2 rings (SSSR count). The lowest BCUT2D eigenvalue weighted by atomic mass is 10.2. The average Bonchev–Trinajstić information content (AvgIpc) is 2.41. The van der Waals surface area contributed by atoms with Crippen molar-refractivity contribution in [2.45, 2.75) is 20.5 Å². The van der Waals surface area contributed by atoms with Crippen molar-refractivity contribution in [3.8, 4) is 0 Å². The van der Waals surface area contributed by atoms with Crippen molar-refractivity contribution in [2.75, 3.05) is 11.9 Å². The quantitative estimate of drug-likeness (QED) is 0.833. The molecule has 0 fully saturated rings. The Hall–Kier alpha value is -1.36. The van der Waals surface area contributed by atoms with Gasteiger partial charge in [0.05, 0.1) is 0 Å². The third kappa shape index (κ3) is 3.82. The van der Waals surface area contributed by atoms with E-state index < -0.39 is 0 Å². The molecular weight excluding hydrogens is 297 g/mol. The van der Waals surface area contributed by atoms with Gasteiger partial charge in [0.2, 0.25) is 0 Å². The van der Waals surface area contributed by atoms with E-state index in [0.717, 1.165) is 11.3 Å². The predicted molar refractivity (Wildman–Crippen MR) is 81.8 cm³/mol. The monoisotopic (exact) mass is 311 g/mol. The van der Waals surface area contributed by atoms with Crippen LogP contribution < -0.4 is 5.32 Å². The van der Waals surface area contributed by atoms with Crippen molar-refractivity contribution in [3.63, 3.8) is 0 Å². The molecule has 2 aromatic rings. The van der Waals surface area contributed by atoms with Gasteiger partial charge in [0.1, 0.15) is 17.6 Å². The normalized spacial score (nSPS) is 10.6. The van der Waals surface area contributed by atoms with Gasteiger partial charge in [-0.3, -0.25) is 0 Å². The zero-order valence-electron chi connectivity index (χ0n) is 11.3. The Kier molecular flexibility index (Phi) is 5.17. The van der Waals surface area contributed by atoms with E-state index in [1.165, 1.54) is 0 Å². The van der Waals surface area contributed by atoms with Crippen molar-refractivity contribution < 1.29 is 4.74 Å². The fraction of sp³-hybridized carbons (Fsp3) is 0.286. The summed E-state index contributed by atoms with van der Waals surface area (Å²) in [4.78, 5) is 8.48. The minimum Gasteiger partial charge on any atom is -0.374 e. The van der Waals surface area contributed by atoms with Crippen LogP contribution in [0.1, 0.15) is 18.3 Å². The average molecular weight is 312 g/mol. The third-order valence-corrected chi connectivity index (χ3v) is 3.31. The first-order chi connectivity index (χ1) is 9.60. The summed E-state index contributed by atoms with van der Waals surface area (Å²) in [5.74, 6) is 1.16. The van der Waals surface area contributed by atoms with Gasteiger partial charge in [-0.25, -0.2) is 9.97 Å². The zero-order valence-corrected chi connectivity index (χ0v) is 12.8. The molecule has 0 saturated heterocycles. The number of anilines is 2. The van der Waals surface area contributed by atoms with Crippen molar-refractivity contribution in [3.05, 3.63) is 45.8 Å². The van der Waals surface area contributed by atoms with E-state index in [1.54, 1.807) is 6.07 Å². The summed E-state index contributed by atoms with van der Waals surface area (Å²) in [5, 5.41) is 4.27. The molecule has 0 saturated carbocycles. The van der Waals surface area contributed by atoms with Crippen LogP contribution in [0.15, 0.2) is 24.3 Å². The molecule has 4 nitrogen and oxygen atoms in total. The number of benzene rings is 1. The van der Waals surface area contributed by atoms with Gasteiger partial charge in [-0.2, -0.15) is 0 Å². The van der Waals surface area contributed by atoms with E-state index in [9.17, 15) is 0 Å². The molecule has 0 spiro atoms. The number of nitrogens with one attached hydrogen (secondary N) is 1. The SMILES string of the molecule is CCOCc1nc(Cl)cc(Nc2cccc(Cl)c2C)n1. The summed E-state index contributed by atoms with van der Waals surface area (Å²) in [5.41, 5.74) is 1.84. The molecule has 6 heteroatoms. The number of aromatic nitrogens is 2. The summed E-state index contributed by atoms with van der Waals surface area (Å²) in [6, 6.07) is 7.31. The Bertz CT molecular complexity index is 605. The third-order valence-electron chi connectivity index (χ3n) is 2.71. The standard InChI is InChI=1S/C14H15Cl2N3O/c1-3-20-8-14-18-12(16)7-13(19-14)17-11-6-4-5-10(15)9(11)2/h4-7H,3,8H2,1-2H3,(H,17,18,19). The second kappa shape index (κ2) is 6.88. The molecule has 1 aromatic carbocycles. The molecule has 1 N–H and O–H groups in total. The molecule has 20 heavy (non-hydrogen) atoms. The van der Waals surface area contributed by atoms with Crippen molar-refractivity contribution in [1.29, 1.82) is 0 Å². The van der Waals surface area contributed by atoms with E-state index in [0.29, 0.717) is 35.0 Å². The maximum atomic E-state index is 6.09. The molecule has 0 amide bonds. The molecule has 0 radical (unpaired) electrons. The fourth-order valence-electron chi connectivity index (χ4n) is 1.67. The number of rotatable bonds is 5. The summed E-state index contributed by atoms with van der Waals surface area (Å²) in [6.45, 7) is 4.79. The lowest BCUT2D eigenvalue weighted by Crippen LogP contribution is -2.03. The molecular formula is C14H15Cl2N3O. The van der Waals surface area contributed by atoms with Gasteiger partial charge in [0.25, 0.3) is 0 Å². The number of nitrogens with zero attached hydrogens (tertiary/aromatic N) is 2. The lowest BCUT2D eigenvalue weighted by Gasteiger charge is -2.11. The summed E-state index contributed by atoms with van der Waals surface area (Å²) >= 11 is 12.1. The van der Waals surface area contributed by atoms with Gasteiger partial charge in [0, 0.05) is 23.4 Å². The van der Waals surface area contributed by atoms with E-state index in [2.05, 4.69) is 15.3 Å². The first-order valence-corrected chi connectivity index (χ1v) is 6.99. The number of hydrogen-bond donors (Lipinski definition) is 1. The van der Waals surface area contributed by atoms with E-state index in [-0.39, 0.29) is 0 Å². The molecule has 0 aliphatic carbocycles. The topological polar surface area (TPSA) is 47.0 Å². The molecule has 106 valence electrons. The second-order valence-corrected chi connectivity index (χ2v) is 4.96. The molecule has 0 bridgehead atoms. The van der Waals surface area contributed by atoms with Crippen LogP contribution in [0, 0.1) is 6.92 Å². The van der Waals surface area contributed by atoms with Gasteiger partial charge in [-0.1, -0.05) is 29.3 Å². The molecule has 0 unspecified atom stereocenters. The van der Waals surface area contributed by atoms with Gasteiger partial charge in [0.15, 0.2) is 5.82 Å². The van der Waals surface area contributed by atoms with E-state index >= 15 is 0 Å². The van der Waals surface area contributed by atoms with Crippen molar-refractivity contribution in [2.24, 2.45) is 0 Å². The van der Waals surface area contributed by atoms with Gasteiger partial charge < -0.3 is 10.1 Å². The Morgan fingerprint density at radius 2 is 2.05 bits per heavy atom. The highest BCUT2D eigenvalue weighted by atomic mass is 35.5. The van der Waals surface area contributed by atoms with Gasteiger partial charge in [-0.05, 0) is 31.5 Å². The first-order valence-electron chi connectivity index (χ1n) is 6.23. The highest BCUT2D eigenvalue weighted by Gasteiger charge is 2.06. The Balaban J connectivity index is 2.24. The smallest absolute Gasteiger partial charge is 0.158 e. The summed E-state index contributed by atoms with van der Waals surface area (Å²) in [7, 11) is 0. The molecule has 0 aliphatic heterocycles. The fourth-order valence-corrected chi connectivity index (χ4v) is 2.04. The molecule has 1 aromatic heterocycles. The van der Waals surface area contributed by atoms with Gasteiger partial charge >= 0.3 is 0 Å². The zero-order chi connectivity index (χ0) is 14.5. The largest absolute Gasteiger partial charge is 0.374 e. The number of halogens is 2. The Labute approximate surface area is 128 Å². The van der Waals surface area contributed by atoms with Crippen LogP contribution in [0.5, 0.6) is 0 Å². The second-order valence-electron chi connectivity index (χ2n) is 4.17. The van der Waals surface area contributed by atoms with Crippen LogP contribution in [0.2, 0.25) is 10.2 Å². The Morgan fingerprint density at radius 3 is 2.80 bits per heavy atom. The minimum atomic E-state index is 0.334. The number of hydrogen-bond acceptors (Lipinski definition) is 4. The van der Waals surface area contributed by atoms with E-state index in [4.69, 9.17) is 27.9 Å². The molecule has 0 atom stereocenters. The van der Waals surface area contributed by atoms with Crippen LogP contribution in [0.4, 0.5) is 11.5 Å². The van der Waals surface area contributed by atoms with Crippen LogP contribution in [-0.2, 0) is 11.3 Å². The minimum absolute atomic E-state index is 0.334. The highest BCUT2D eigenvalue weighted by molar-refractivity contribution is 6.31. The van der Waals surface area contributed by atoms with Crippen LogP contribution in [0.25, 0.3) is 0 Å².